The summed E-state index contributed by atoms with van der Waals surface area (Å²) in [4.78, 5) is 16.0. The number of halogens is 6. The van der Waals surface area contributed by atoms with E-state index in [0.717, 1.165) is 18.2 Å². The minimum Gasteiger partial charge on any atom is -0.295 e. The first kappa shape index (κ1) is 30.4. The zero-order valence-electron chi connectivity index (χ0n) is 21.6. The van der Waals surface area contributed by atoms with Crippen molar-refractivity contribution in [3.8, 4) is 0 Å². The Morgan fingerprint density at radius 1 is 1.05 bits per heavy atom. The fourth-order valence-corrected chi connectivity index (χ4v) is 6.91. The predicted molar refractivity (Wildman–Crippen MR) is 133 cm³/mol. The van der Waals surface area contributed by atoms with Crippen LogP contribution in [0.1, 0.15) is 71.3 Å². The van der Waals surface area contributed by atoms with Gasteiger partial charge in [-0.05, 0) is 100.0 Å². The van der Waals surface area contributed by atoms with Gasteiger partial charge in [0.25, 0.3) is 0 Å². The summed E-state index contributed by atoms with van der Waals surface area (Å²) in [5.41, 5.74) is -1.92. The summed E-state index contributed by atoms with van der Waals surface area (Å²) < 4.78 is 104. The molecule has 0 N–H and O–H groups in total. The maximum absolute atomic E-state index is 13.2. The van der Waals surface area contributed by atoms with Crippen LogP contribution in [0.2, 0.25) is 0 Å². The van der Waals surface area contributed by atoms with Crippen LogP contribution in [0.25, 0.3) is 0 Å². The van der Waals surface area contributed by atoms with Gasteiger partial charge in [0.1, 0.15) is 5.71 Å². The van der Waals surface area contributed by atoms with E-state index in [1.165, 1.54) is 19.9 Å². The lowest BCUT2D eigenvalue weighted by Gasteiger charge is -2.45. The summed E-state index contributed by atoms with van der Waals surface area (Å²) in [5, 5.41) is 0. The van der Waals surface area contributed by atoms with E-state index in [4.69, 9.17) is 0 Å². The van der Waals surface area contributed by atoms with Crippen molar-refractivity contribution in [2.75, 3.05) is 6.54 Å². The minimum absolute atomic E-state index is 0.0390. The van der Waals surface area contributed by atoms with Gasteiger partial charge in [-0.15, -0.1) is 0 Å². The average molecular weight is 566 g/mol. The highest BCUT2D eigenvalue weighted by atomic mass is 32.2. The molecule has 0 spiro atoms. The molecule has 1 heterocycles. The largest absolute Gasteiger partial charge is 0.432 e. The number of Topliss-reactive ketones (excluding diaryl/α,β-unsaturated/α-hetero) is 1. The summed E-state index contributed by atoms with van der Waals surface area (Å²) >= 11 is 0. The van der Waals surface area contributed by atoms with Gasteiger partial charge < -0.3 is 0 Å². The van der Waals surface area contributed by atoms with Crippen LogP contribution >= 0.6 is 0 Å². The molecule has 11 heteroatoms. The second-order valence-electron chi connectivity index (χ2n) is 11.0. The van der Waals surface area contributed by atoms with Crippen LogP contribution in [0.4, 0.5) is 26.3 Å². The molecule has 1 aromatic rings. The van der Waals surface area contributed by atoms with Crippen molar-refractivity contribution >= 4 is 21.3 Å². The van der Waals surface area contributed by atoms with E-state index in [9.17, 15) is 39.6 Å². The molecule has 1 atom stereocenters. The molecule has 38 heavy (non-hydrogen) atoms. The van der Waals surface area contributed by atoms with Crippen molar-refractivity contribution in [1.82, 2.24) is 0 Å². The van der Waals surface area contributed by atoms with Crippen LogP contribution in [-0.4, -0.2) is 37.4 Å². The number of hydrogen-bond donors (Lipinski definition) is 0. The predicted octanol–water partition coefficient (Wildman–Crippen LogP) is 7.38. The quantitative estimate of drug-likeness (QED) is 0.309. The average Bonchev–Trinajstić information content (AvgIpc) is 2.75. The Kier molecular flexibility index (Phi) is 8.90. The highest BCUT2D eigenvalue weighted by Gasteiger charge is 2.48. The Labute approximate surface area is 219 Å². The van der Waals surface area contributed by atoms with Gasteiger partial charge in [-0.25, -0.2) is 8.42 Å². The summed E-state index contributed by atoms with van der Waals surface area (Å²) in [6.45, 7) is 4.99. The maximum Gasteiger partial charge on any atom is 0.432 e. The molecule has 1 unspecified atom stereocenters. The lowest BCUT2D eigenvalue weighted by Crippen LogP contribution is -2.46. The van der Waals surface area contributed by atoms with Gasteiger partial charge in [-0.2, -0.15) is 26.3 Å². The lowest BCUT2D eigenvalue weighted by atomic mass is 9.67. The van der Waals surface area contributed by atoms with Crippen LogP contribution in [0.5, 0.6) is 0 Å². The zero-order valence-corrected chi connectivity index (χ0v) is 22.4. The van der Waals surface area contributed by atoms with Crippen LogP contribution in [-0.2, 0) is 20.8 Å². The molecule has 3 rings (SSSR count). The van der Waals surface area contributed by atoms with E-state index in [1.807, 2.05) is 6.92 Å². The van der Waals surface area contributed by atoms with Crippen molar-refractivity contribution in [2.24, 2.45) is 22.7 Å². The van der Waals surface area contributed by atoms with Crippen molar-refractivity contribution in [2.45, 2.75) is 87.7 Å². The second-order valence-corrected chi connectivity index (χ2v) is 13.5. The van der Waals surface area contributed by atoms with Crippen molar-refractivity contribution in [1.29, 1.82) is 0 Å². The Morgan fingerprint density at radius 3 is 2.32 bits per heavy atom. The van der Waals surface area contributed by atoms with Crippen molar-refractivity contribution in [3.05, 3.63) is 41.5 Å². The van der Waals surface area contributed by atoms with Gasteiger partial charge in [0.05, 0.1) is 15.2 Å². The standard InChI is InChI=1S/C27H33F6NO3S/c1-17-10-11-34-24(27(31,32)33)15-19(12-17)23(35)9-4-6-18-13-21(14-18)25(2,3)38(36,37)22-8-5-7-20(16-22)26(28,29)30/h5,7-8,15-18,21H,4,6,9-14H2,1-3H3. The van der Waals surface area contributed by atoms with Crippen LogP contribution in [0.15, 0.2) is 45.8 Å². The molecule has 0 saturated heterocycles. The highest BCUT2D eigenvalue weighted by molar-refractivity contribution is 7.92. The Balaban J connectivity index is 1.57. The number of hydrogen-bond acceptors (Lipinski definition) is 4. The molecule has 0 bridgehead atoms. The van der Waals surface area contributed by atoms with Gasteiger partial charge in [0, 0.05) is 13.0 Å². The molecule has 0 radical (unpaired) electrons. The summed E-state index contributed by atoms with van der Waals surface area (Å²) in [6.07, 6.45) is -5.41. The number of carbonyl (C=O) groups excluding carboxylic acids is 1. The van der Waals surface area contributed by atoms with E-state index in [1.54, 1.807) is 0 Å². The molecule has 2 aliphatic rings. The fraction of sp³-hybridized carbons (Fsp3) is 0.630. The van der Waals surface area contributed by atoms with Gasteiger partial charge in [-0.1, -0.05) is 13.0 Å². The first-order valence-electron chi connectivity index (χ1n) is 12.7. The van der Waals surface area contributed by atoms with E-state index in [2.05, 4.69) is 4.99 Å². The molecule has 0 amide bonds. The number of sulfone groups is 1. The minimum atomic E-state index is -4.65. The number of allylic oxidation sites excluding steroid dienone is 2. The van der Waals surface area contributed by atoms with Gasteiger partial charge in [-0.3, -0.25) is 9.79 Å². The number of benzene rings is 1. The van der Waals surface area contributed by atoms with Gasteiger partial charge in [0.15, 0.2) is 15.6 Å². The van der Waals surface area contributed by atoms with Crippen LogP contribution in [0.3, 0.4) is 0 Å². The summed E-state index contributed by atoms with van der Waals surface area (Å²) in [5.74, 6) is -0.417. The summed E-state index contributed by atoms with van der Waals surface area (Å²) in [7, 11) is -4.05. The van der Waals surface area contributed by atoms with E-state index in [0.29, 0.717) is 38.2 Å². The number of carbonyl (C=O) groups is 1. The highest BCUT2D eigenvalue weighted by Crippen LogP contribution is 2.48. The van der Waals surface area contributed by atoms with Crippen molar-refractivity contribution < 1.29 is 39.6 Å². The third-order valence-corrected chi connectivity index (χ3v) is 10.4. The van der Waals surface area contributed by atoms with E-state index < -0.39 is 38.2 Å². The molecule has 1 aliphatic heterocycles. The summed E-state index contributed by atoms with van der Waals surface area (Å²) in [6, 6.07) is 3.76. The number of rotatable bonds is 8. The second kappa shape index (κ2) is 11.1. The molecule has 0 aromatic heterocycles. The molecule has 212 valence electrons. The Bertz CT molecular complexity index is 1190. The number of aliphatic imine (C=N–C) groups is 1. The fourth-order valence-electron chi connectivity index (χ4n) is 5.13. The first-order chi connectivity index (χ1) is 17.4. The zero-order chi connectivity index (χ0) is 28.5. The lowest BCUT2D eigenvalue weighted by molar-refractivity contribution is -0.137. The molecule has 1 saturated carbocycles. The van der Waals surface area contributed by atoms with Gasteiger partial charge >= 0.3 is 12.4 Å². The Morgan fingerprint density at radius 2 is 1.71 bits per heavy atom. The molecule has 4 nitrogen and oxygen atoms in total. The number of alkyl halides is 6. The Hall–Kier alpha value is -2.17. The van der Waals surface area contributed by atoms with E-state index >= 15 is 0 Å². The maximum atomic E-state index is 13.2. The van der Waals surface area contributed by atoms with Gasteiger partial charge in [0.2, 0.25) is 0 Å². The smallest absolute Gasteiger partial charge is 0.295 e. The molecule has 1 aliphatic carbocycles. The molecule has 1 aromatic carbocycles. The van der Waals surface area contributed by atoms with Crippen LogP contribution < -0.4 is 0 Å². The third kappa shape index (κ3) is 6.87. The van der Waals surface area contributed by atoms with E-state index in [-0.39, 0.29) is 53.4 Å². The van der Waals surface area contributed by atoms with Crippen molar-refractivity contribution in [3.63, 3.8) is 0 Å². The SMILES string of the molecule is CC1CCN=C(C(F)(F)F)C=C(C(=O)CCCC2CC(C(C)(C)S(=O)(=O)c3cccc(C(F)(F)F)c3)C2)C1. The number of nitrogens with zero attached hydrogens (tertiary/aromatic N) is 1. The van der Waals surface area contributed by atoms with Crippen LogP contribution in [0, 0.1) is 17.8 Å². The third-order valence-electron chi connectivity index (χ3n) is 7.83. The number of ketones is 1. The molecule has 1 fully saturated rings. The molecular formula is C27H33F6NO3S. The molecular weight excluding hydrogens is 532 g/mol. The monoisotopic (exact) mass is 565 g/mol. The first-order valence-corrected chi connectivity index (χ1v) is 14.2. The normalized spacial score (nSPS) is 23.6. The topological polar surface area (TPSA) is 63.6 Å².